The largest absolute Gasteiger partial charge is 0.507 e. The molecule has 0 aromatic heterocycles. The molecule has 0 radical (unpaired) electrons. The smallest absolute Gasteiger partial charge is 0.257 e. The van der Waals surface area contributed by atoms with Gasteiger partial charge in [-0.3, -0.25) is 4.79 Å². The fourth-order valence-electron chi connectivity index (χ4n) is 2.62. The van der Waals surface area contributed by atoms with Crippen molar-refractivity contribution in [3.8, 4) is 11.5 Å². The number of likely N-dealkylation sites (tertiary alicyclic amines) is 1. The zero-order valence-corrected chi connectivity index (χ0v) is 12.4. The molecule has 2 rings (SSSR count). The number of alkyl halides is 1. The summed E-state index contributed by atoms with van der Waals surface area (Å²) in [6.45, 7) is 1.44. The summed E-state index contributed by atoms with van der Waals surface area (Å²) in [4.78, 5) is 14.3. The Labute approximate surface area is 124 Å². The summed E-state index contributed by atoms with van der Waals surface area (Å²) >= 11 is 5.78. The van der Waals surface area contributed by atoms with E-state index in [0.717, 1.165) is 25.8 Å². The fraction of sp³-hybridized carbons (Fsp3) is 0.533. The third-order valence-corrected chi connectivity index (χ3v) is 3.98. The second-order valence-corrected chi connectivity index (χ2v) is 5.50. The van der Waals surface area contributed by atoms with Gasteiger partial charge in [0.2, 0.25) is 0 Å². The zero-order valence-electron chi connectivity index (χ0n) is 11.6. The summed E-state index contributed by atoms with van der Waals surface area (Å²) < 4.78 is 5.11. The highest BCUT2D eigenvalue weighted by molar-refractivity contribution is 6.17. The van der Waals surface area contributed by atoms with Gasteiger partial charge in [-0.05, 0) is 43.4 Å². The molecule has 1 heterocycles. The lowest BCUT2D eigenvalue weighted by atomic mass is 9.95. The number of piperidine rings is 1. The van der Waals surface area contributed by atoms with Crippen molar-refractivity contribution in [2.45, 2.75) is 19.3 Å². The van der Waals surface area contributed by atoms with E-state index in [9.17, 15) is 9.90 Å². The minimum Gasteiger partial charge on any atom is -0.507 e. The first-order chi connectivity index (χ1) is 9.65. The van der Waals surface area contributed by atoms with Crippen LogP contribution in [0.3, 0.4) is 0 Å². The lowest BCUT2D eigenvalue weighted by molar-refractivity contribution is 0.0668. The van der Waals surface area contributed by atoms with Crippen LogP contribution >= 0.6 is 11.6 Å². The molecule has 1 atom stereocenters. The molecule has 1 amide bonds. The van der Waals surface area contributed by atoms with Crippen LogP contribution in [-0.2, 0) is 0 Å². The molecule has 1 aliphatic heterocycles. The van der Waals surface area contributed by atoms with Crippen molar-refractivity contribution in [1.82, 2.24) is 4.90 Å². The van der Waals surface area contributed by atoms with E-state index in [1.165, 1.54) is 13.2 Å². The van der Waals surface area contributed by atoms with Crippen LogP contribution in [0.2, 0.25) is 0 Å². The first kappa shape index (κ1) is 15.0. The van der Waals surface area contributed by atoms with E-state index in [4.69, 9.17) is 16.3 Å². The van der Waals surface area contributed by atoms with Crippen LogP contribution in [-0.4, -0.2) is 42.0 Å². The van der Waals surface area contributed by atoms with Crippen LogP contribution in [0.5, 0.6) is 11.5 Å². The number of carbonyl (C=O) groups is 1. The number of hydrogen-bond acceptors (Lipinski definition) is 3. The molecule has 5 heteroatoms. The predicted octanol–water partition coefficient (Wildman–Crippen LogP) is 2.88. The minimum atomic E-state index is -0.138. The van der Waals surface area contributed by atoms with Gasteiger partial charge in [0, 0.05) is 19.0 Å². The number of rotatable bonds is 4. The number of hydrogen-bond donors (Lipinski definition) is 1. The highest BCUT2D eigenvalue weighted by Gasteiger charge is 2.25. The topological polar surface area (TPSA) is 49.8 Å². The number of ether oxygens (including phenoxy) is 1. The Bertz CT molecular complexity index is 476. The summed E-state index contributed by atoms with van der Waals surface area (Å²) in [6, 6.07) is 4.72. The maximum atomic E-state index is 12.5. The molecule has 1 N–H and O–H groups in total. The van der Waals surface area contributed by atoms with Gasteiger partial charge < -0.3 is 14.7 Å². The van der Waals surface area contributed by atoms with Gasteiger partial charge in [0.25, 0.3) is 5.91 Å². The Hall–Kier alpha value is -1.42. The number of methoxy groups -OCH3 is 1. The van der Waals surface area contributed by atoms with Crippen molar-refractivity contribution in [3.63, 3.8) is 0 Å². The summed E-state index contributed by atoms with van der Waals surface area (Å²) in [5.74, 6) is 1.51. The van der Waals surface area contributed by atoms with Crippen molar-refractivity contribution < 1.29 is 14.6 Å². The summed E-state index contributed by atoms with van der Waals surface area (Å²) in [5, 5.41) is 9.88. The van der Waals surface area contributed by atoms with Gasteiger partial charge in [0.1, 0.15) is 11.5 Å². The van der Waals surface area contributed by atoms with Gasteiger partial charge in [0.15, 0.2) is 0 Å². The van der Waals surface area contributed by atoms with Crippen LogP contribution in [0.4, 0.5) is 0 Å². The Balaban J connectivity index is 2.14. The Morgan fingerprint density at radius 1 is 1.55 bits per heavy atom. The molecule has 0 spiro atoms. The lowest BCUT2D eigenvalue weighted by Gasteiger charge is -2.32. The average molecular weight is 298 g/mol. The number of phenols is 1. The highest BCUT2D eigenvalue weighted by Crippen LogP contribution is 2.27. The molecule has 1 saturated heterocycles. The molecule has 1 unspecified atom stereocenters. The van der Waals surface area contributed by atoms with E-state index in [1.807, 2.05) is 0 Å². The van der Waals surface area contributed by atoms with Crippen LogP contribution < -0.4 is 4.74 Å². The first-order valence-electron chi connectivity index (χ1n) is 6.88. The van der Waals surface area contributed by atoms with Crippen molar-refractivity contribution in [2.75, 3.05) is 26.1 Å². The second kappa shape index (κ2) is 6.84. The molecule has 1 aromatic rings. The van der Waals surface area contributed by atoms with Gasteiger partial charge in [-0.2, -0.15) is 0 Å². The predicted molar refractivity (Wildman–Crippen MR) is 78.6 cm³/mol. The number of amides is 1. The number of halogens is 1. The second-order valence-electron chi connectivity index (χ2n) is 5.12. The Morgan fingerprint density at radius 2 is 2.35 bits per heavy atom. The molecule has 1 fully saturated rings. The monoisotopic (exact) mass is 297 g/mol. The van der Waals surface area contributed by atoms with Crippen LogP contribution in [0.15, 0.2) is 18.2 Å². The highest BCUT2D eigenvalue weighted by atomic mass is 35.5. The molecule has 110 valence electrons. The number of phenolic OH excluding ortho intramolecular Hbond substituents is 1. The molecule has 0 aliphatic carbocycles. The first-order valence-corrected chi connectivity index (χ1v) is 7.41. The standard InChI is InChI=1S/C15H20ClNO3/c1-20-12-4-5-14(18)13(9-12)15(19)17-8-2-3-11(10-17)6-7-16/h4-5,9,11,18H,2-3,6-8,10H2,1H3. The maximum absolute atomic E-state index is 12.5. The zero-order chi connectivity index (χ0) is 14.5. The third-order valence-electron chi connectivity index (χ3n) is 3.76. The summed E-state index contributed by atoms with van der Waals surface area (Å²) in [5.41, 5.74) is 0.302. The van der Waals surface area contributed by atoms with Crippen molar-refractivity contribution in [3.05, 3.63) is 23.8 Å². The van der Waals surface area contributed by atoms with Crippen LogP contribution in [0, 0.1) is 5.92 Å². The number of carbonyl (C=O) groups excluding carboxylic acids is 1. The van der Waals surface area contributed by atoms with E-state index < -0.39 is 0 Å². The molecule has 0 bridgehead atoms. The van der Waals surface area contributed by atoms with Crippen molar-refractivity contribution in [2.24, 2.45) is 5.92 Å². The maximum Gasteiger partial charge on any atom is 0.257 e. The van der Waals surface area contributed by atoms with Crippen LogP contribution in [0.25, 0.3) is 0 Å². The van der Waals surface area contributed by atoms with E-state index >= 15 is 0 Å². The Morgan fingerprint density at radius 3 is 3.05 bits per heavy atom. The minimum absolute atomic E-state index is 0.00438. The van der Waals surface area contributed by atoms with Gasteiger partial charge in [-0.1, -0.05) is 0 Å². The quantitative estimate of drug-likeness (QED) is 0.869. The van der Waals surface area contributed by atoms with Gasteiger partial charge in [0.05, 0.1) is 12.7 Å². The van der Waals surface area contributed by atoms with E-state index in [2.05, 4.69) is 0 Å². The molecule has 20 heavy (non-hydrogen) atoms. The molecule has 0 saturated carbocycles. The van der Waals surface area contributed by atoms with Crippen LogP contribution in [0.1, 0.15) is 29.6 Å². The summed E-state index contributed by atoms with van der Waals surface area (Å²) in [6.07, 6.45) is 3.02. The SMILES string of the molecule is COc1ccc(O)c(C(=O)N2CCCC(CCCl)C2)c1. The molecule has 4 nitrogen and oxygen atoms in total. The number of benzene rings is 1. The summed E-state index contributed by atoms with van der Waals surface area (Å²) in [7, 11) is 1.54. The molecule has 1 aromatic carbocycles. The van der Waals surface area contributed by atoms with Crippen molar-refractivity contribution >= 4 is 17.5 Å². The lowest BCUT2D eigenvalue weighted by Crippen LogP contribution is -2.40. The molecular weight excluding hydrogens is 278 g/mol. The Kier molecular flexibility index (Phi) is 5.12. The third kappa shape index (κ3) is 3.37. The average Bonchev–Trinajstić information content (AvgIpc) is 2.48. The number of aromatic hydroxyl groups is 1. The van der Waals surface area contributed by atoms with Gasteiger partial charge in [-0.15, -0.1) is 11.6 Å². The molecular formula is C15H20ClNO3. The van der Waals surface area contributed by atoms with E-state index in [0.29, 0.717) is 29.7 Å². The van der Waals surface area contributed by atoms with Gasteiger partial charge in [-0.25, -0.2) is 0 Å². The van der Waals surface area contributed by atoms with E-state index in [1.54, 1.807) is 17.0 Å². The van der Waals surface area contributed by atoms with E-state index in [-0.39, 0.29) is 11.7 Å². The molecule has 1 aliphatic rings. The van der Waals surface area contributed by atoms with Crippen molar-refractivity contribution in [1.29, 1.82) is 0 Å². The normalized spacial score (nSPS) is 18.9. The fourth-order valence-corrected chi connectivity index (χ4v) is 2.93. The number of nitrogens with zero attached hydrogens (tertiary/aromatic N) is 1. The van der Waals surface area contributed by atoms with Gasteiger partial charge >= 0.3 is 0 Å².